The summed E-state index contributed by atoms with van der Waals surface area (Å²) in [6, 6.07) is 5.70. The molecule has 0 aliphatic rings. The average Bonchev–Trinajstić information content (AvgIpc) is 2.19. The summed E-state index contributed by atoms with van der Waals surface area (Å²) in [6.07, 6.45) is 2.83. The van der Waals surface area contributed by atoms with E-state index >= 15 is 0 Å². The van der Waals surface area contributed by atoms with Crippen LogP contribution in [0.1, 0.15) is 18.4 Å². The van der Waals surface area contributed by atoms with Crippen LogP contribution in [0.5, 0.6) is 0 Å². The van der Waals surface area contributed by atoms with Crippen molar-refractivity contribution >= 4 is 10.8 Å². The van der Waals surface area contributed by atoms with Gasteiger partial charge in [-0.1, -0.05) is 6.07 Å². The third-order valence-electron chi connectivity index (χ3n) is 1.74. The first-order valence-corrected chi connectivity index (χ1v) is 5.74. The highest BCUT2D eigenvalue weighted by Gasteiger charge is 2.03. The van der Waals surface area contributed by atoms with E-state index in [0.717, 1.165) is 5.56 Å². The molecular formula is C10H12N2OS. The normalized spacial score (nSPS) is 12.0. The van der Waals surface area contributed by atoms with Gasteiger partial charge in [0.05, 0.1) is 16.9 Å². The zero-order chi connectivity index (χ0) is 10.4. The van der Waals surface area contributed by atoms with Crippen molar-refractivity contribution in [2.75, 3.05) is 5.75 Å². The van der Waals surface area contributed by atoms with Gasteiger partial charge in [0.25, 0.3) is 0 Å². The highest BCUT2D eigenvalue weighted by atomic mass is 32.2. The summed E-state index contributed by atoms with van der Waals surface area (Å²) in [5.41, 5.74) is 1.06. The molecule has 0 saturated heterocycles. The van der Waals surface area contributed by atoms with E-state index < -0.39 is 10.8 Å². The van der Waals surface area contributed by atoms with Gasteiger partial charge in [0.1, 0.15) is 5.03 Å². The predicted octanol–water partition coefficient (Wildman–Crippen LogP) is 1.80. The van der Waals surface area contributed by atoms with E-state index in [2.05, 4.69) is 4.98 Å². The lowest BCUT2D eigenvalue weighted by molar-refractivity contribution is 0.678. The van der Waals surface area contributed by atoms with E-state index in [9.17, 15) is 4.21 Å². The maximum absolute atomic E-state index is 11.6. The molecule has 74 valence electrons. The number of nitrogens with zero attached hydrogens (tertiary/aromatic N) is 2. The molecule has 1 aromatic heterocycles. The van der Waals surface area contributed by atoms with Crippen molar-refractivity contribution in [1.82, 2.24) is 4.98 Å². The standard InChI is InChI=1S/C10H12N2OS/c1-9-4-5-10(12-8-9)14(13)7-3-2-6-11/h4-5,8H,2-3,7H2,1H3/t14-/m0/s1. The molecule has 1 rings (SSSR count). The van der Waals surface area contributed by atoms with Gasteiger partial charge in [-0.15, -0.1) is 0 Å². The highest BCUT2D eigenvalue weighted by Crippen LogP contribution is 2.05. The molecule has 0 aliphatic carbocycles. The third-order valence-corrected chi connectivity index (χ3v) is 3.10. The Hall–Kier alpha value is -1.21. The van der Waals surface area contributed by atoms with Gasteiger partial charge in [-0.05, 0) is 25.0 Å². The van der Waals surface area contributed by atoms with Crippen molar-refractivity contribution in [3.63, 3.8) is 0 Å². The van der Waals surface area contributed by atoms with Crippen LogP contribution in [0.2, 0.25) is 0 Å². The first kappa shape index (κ1) is 10.9. The van der Waals surface area contributed by atoms with Crippen molar-refractivity contribution < 1.29 is 4.21 Å². The van der Waals surface area contributed by atoms with Crippen molar-refractivity contribution in [3.05, 3.63) is 23.9 Å². The number of aromatic nitrogens is 1. The SMILES string of the molecule is Cc1ccc([S@@](=O)CCCC#N)nc1. The fourth-order valence-electron chi connectivity index (χ4n) is 0.976. The molecule has 0 aliphatic heterocycles. The molecular weight excluding hydrogens is 196 g/mol. The number of hydrogen-bond acceptors (Lipinski definition) is 3. The number of pyridine rings is 1. The Balaban J connectivity index is 2.53. The molecule has 0 bridgehead atoms. The smallest absolute Gasteiger partial charge is 0.127 e. The second-order valence-electron chi connectivity index (χ2n) is 2.99. The third kappa shape index (κ3) is 3.27. The molecule has 0 N–H and O–H groups in total. The van der Waals surface area contributed by atoms with E-state index in [0.29, 0.717) is 23.6 Å². The quantitative estimate of drug-likeness (QED) is 0.709. The number of nitriles is 1. The van der Waals surface area contributed by atoms with Crippen LogP contribution in [0.25, 0.3) is 0 Å². The molecule has 0 fully saturated rings. The number of aryl methyl sites for hydroxylation is 1. The van der Waals surface area contributed by atoms with Crippen LogP contribution in [0.3, 0.4) is 0 Å². The van der Waals surface area contributed by atoms with Gasteiger partial charge in [-0.3, -0.25) is 4.21 Å². The second kappa shape index (κ2) is 5.51. The van der Waals surface area contributed by atoms with Gasteiger partial charge in [0, 0.05) is 18.4 Å². The van der Waals surface area contributed by atoms with Crippen molar-refractivity contribution in [2.24, 2.45) is 0 Å². The van der Waals surface area contributed by atoms with Crippen LogP contribution in [0, 0.1) is 18.3 Å². The Bertz CT molecular complexity index is 353. The molecule has 0 aromatic carbocycles. The highest BCUT2D eigenvalue weighted by molar-refractivity contribution is 7.84. The number of hydrogen-bond donors (Lipinski definition) is 0. The fraction of sp³-hybridized carbons (Fsp3) is 0.400. The molecule has 3 nitrogen and oxygen atoms in total. The summed E-state index contributed by atoms with van der Waals surface area (Å²) in [6.45, 7) is 1.94. The van der Waals surface area contributed by atoms with Crippen molar-refractivity contribution in [1.29, 1.82) is 5.26 Å². The van der Waals surface area contributed by atoms with Gasteiger partial charge >= 0.3 is 0 Å². The van der Waals surface area contributed by atoms with Crippen LogP contribution >= 0.6 is 0 Å². The summed E-state index contributed by atoms with van der Waals surface area (Å²) >= 11 is 0. The number of unbranched alkanes of at least 4 members (excludes halogenated alkanes) is 1. The van der Waals surface area contributed by atoms with E-state index in [1.807, 2.05) is 19.1 Å². The Kier molecular flexibility index (Phi) is 4.27. The minimum absolute atomic E-state index is 0.456. The van der Waals surface area contributed by atoms with Crippen LogP contribution in [-0.2, 0) is 10.8 Å². The minimum atomic E-state index is -1.06. The number of rotatable bonds is 4. The molecule has 0 spiro atoms. The van der Waals surface area contributed by atoms with Gasteiger partial charge in [0.15, 0.2) is 0 Å². The van der Waals surface area contributed by atoms with E-state index in [1.165, 1.54) is 0 Å². The van der Waals surface area contributed by atoms with Crippen LogP contribution in [0.15, 0.2) is 23.4 Å². The molecule has 0 unspecified atom stereocenters. The summed E-state index contributed by atoms with van der Waals surface area (Å²) in [5, 5.41) is 8.93. The molecule has 0 saturated carbocycles. The second-order valence-corrected chi connectivity index (χ2v) is 4.50. The first-order chi connectivity index (χ1) is 6.74. The lowest BCUT2D eigenvalue weighted by atomic mass is 10.3. The van der Waals surface area contributed by atoms with Crippen LogP contribution < -0.4 is 0 Å². The van der Waals surface area contributed by atoms with Gasteiger partial charge in [-0.25, -0.2) is 4.98 Å². The molecule has 14 heavy (non-hydrogen) atoms. The summed E-state index contributed by atoms with van der Waals surface area (Å²) in [5.74, 6) is 0.517. The Morgan fingerprint density at radius 2 is 2.36 bits per heavy atom. The van der Waals surface area contributed by atoms with Crippen LogP contribution in [-0.4, -0.2) is 14.9 Å². The lowest BCUT2D eigenvalue weighted by Gasteiger charge is -1.99. The molecule has 0 radical (unpaired) electrons. The zero-order valence-electron chi connectivity index (χ0n) is 8.06. The average molecular weight is 208 g/mol. The van der Waals surface area contributed by atoms with E-state index in [4.69, 9.17) is 5.26 Å². The van der Waals surface area contributed by atoms with Gasteiger partial charge in [0.2, 0.25) is 0 Å². The zero-order valence-corrected chi connectivity index (χ0v) is 8.88. The molecule has 0 amide bonds. The first-order valence-electron chi connectivity index (χ1n) is 4.42. The Morgan fingerprint density at radius 1 is 1.57 bits per heavy atom. The fourth-order valence-corrected chi connectivity index (χ4v) is 1.98. The molecule has 1 heterocycles. The van der Waals surface area contributed by atoms with Crippen LogP contribution in [0.4, 0.5) is 0 Å². The Labute approximate surface area is 86.2 Å². The van der Waals surface area contributed by atoms with E-state index in [-0.39, 0.29) is 0 Å². The summed E-state index contributed by atoms with van der Waals surface area (Å²) in [7, 11) is -1.06. The largest absolute Gasteiger partial charge is 0.253 e. The Morgan fingerprint density at radius 3 is 2.93 bits per heavy atom. The minimum Gasteiger partial charge on any atom is -0.253 e. The van der Waals surface area contributed by atoms with Gasteiger partial charge < -0.3 is 0 Å². The molecule has 4 heteroatoms. The summed E-state index contributed by atoms with van der Waals surface area (Å²) in [4.78, 5) is 4.07. The lowest BCUT2D eigenvalue weighted by Crippen LogP contribution is -2.00. The summed E-state index contributed by atoms with van der Waals surface area (Å²) < 4.78 is 11.6. The molecule has 1 aromatic rings. The maximum atomic E-state index is 11.6. The van der Waals surface area contributed by atoms with Crippen molar-refractivity contribution in [3.8, 4) is 6.07 Å². The molecule has 1 atom stereocenters. The maximum Gasteiger partial charge on any atom is 0.127 e. The predicted molar refractivity (Wildman–Crippen MR) is 55.1 cm³/mol. The van der Waals surface area contributed by atoms with Gasteiger partial charge in [-0.2, -0.15) is 5.26 Å². The van der Waals surface area contributed by atoms with Crippen molar-refractivity contribution in [2.45, 2.75) is 24.8 Å². The topological polar surface area (TPSA) is 53.8 Å². The van der Waals surface area contributed by atoms with E-state index in [1.54, 1.807) is 12.3 Å². The monoisotopic (exact) mass is 208 g/mol.